The number of phenols is 1. The molecule has 1 aromatic heterocycles. The summed E-state index contributed by atoms with van der Waals surface area (Å²) in [6, 6.07) is 7.56. The van der Waals surface area contributed by atoms with Gasteiger partial charge in [-0.05, 0) is 18.1 Å². The van der Waals surface area contributed by atoms with Gasteiger partial charge < -0.3 is 10.0 Å². The maximum atomic E-state index is 9.77. The van der Waals surface area contributed by atoms with E-state index in [2.05, 4.69) is 15.1 Å². The highest BCUT2D eigenvalue weighted by atomic mass is 32.1. The van der Waals surface area contributed by atoms with Crippen molar-refractivity contribution in [3.05, 3.63) is 34.3 Å². The lowest BCUT2D eigenvalue weighted by atomic mass is 9.99. The Morgan fingerprint density at radius 2 is 2.28 bits per heavy atom. The van der Waals surface area contributed by atoms with Crippen molar-refractivity contribution in [3.63, 3.8) is 0 Å². The first kappa shape index (κ1) is 11.0. The summed E-state index contributed by atoms with van der Waals surface area (Å²) < 4.78 is 0. The number of fused-ring (bicyclic) bond motifs is 1. The van der Waals surface area contributed by atoms with E-state index in [1.54, 1.807) is 6.07 Å². The molecule has 0 unspecified atom stereocenters. The third-order valence-corrected chi connectivity index (χ3v) is 3.91. The Balaban J connectivity index is 1.89. The van der Waals surface area contributed by atoms with Gasteiger partial charge in [-0.1, -0.05) is 23.5 Å². The highest BCUT2D eigenvalue weighted by Crippen LogP contribution is 2.30. The van der Waals surface area contributed by atoms with Crippen LogP contribution in [0.4, 0.5) is 5.13 Å². The first-order valence-electron chi connectivity index (χ1n) is 5.56. The van der Waals surface area contributed by atoms with Crippen molar-refractivity contribution in [2.45, 2.75) is 13.0 Å². The Hall–Kier alpha value is -2.13. The zero-order chi connectivity index (χ0) is 12.5. The van der Waals surface area contributed by atoms with E-state index in [9.17, 15) is 5.11 Å². The van der Waals surface area contributed by atoms with Gasteiger partial charge in [-0.25, -0.2) is 0 Å². The van der Waals surface area contributed by atoms with Crippen molar-refractivity contribution in [2.75, 3.05) is 11.4 Å². The molecule has 0 amide bonds. The number of anilines is 1. The van der Waals surface area contributed by atoms with Gasteiger partial charge in [0.25, 0.3) is 0 Å². The molecule has 2 heterocycles. The van der Waals surface area contributed by atoms with Gasteiger partial charge in [0.1, 0.15) is 11.8 Å². The number of phenolic OH excluding ortho intramolecular Hbond substituents is 1. The lowest BCUT2D eigenvalue weighted by Gasteiger charge is -2.28. The van der Waals surface area contributed by atoms with E-state index in [0.717, 1.165) is 29.2 Å². The summed E-state index contributed by atoms with van der Waals surface area (Å²) in [6.07, 6.45) is 0.781. The first-order valence-corrected chi connectivity index (χ1v) is 6.38. The van der Waals surface area contributed by atoms with Crippen molar-refractivity contribution in [2.24, 2.45) is 0 Å². The van der Waals surface area contributed by atoms with Crippen LogP contribution in [0.5, 0.6) is 5.75 Å². The molecule has 0 spiro atoms. The van der Waals surface area contributed by atoms with Gasteiger partial charge in [-0.3, -0.25) is 0 Å². The summed E-state index contributed by atoms with van der Waals surface area (Å²) in [7, 11) is 0. The molecular weight excluding hydrogens is 248 g/mol. The van der Waals surface area contributed by atoms with Crippen LogP contribution in [0, 0.1) is 11.3 Å². The summed E-state index contributed by atoms with van der Waals surface area (Å²) in [6.45, 7) is 1.48. The average molecular weight is 258 g/mol. The van der Waals surface area contributed by atoms with Crippen molar-refractivity contribution < 1.29 is 5.11 Å². The molecule has 90 valence electrons. The van der Waals surface area contributed by atoms with Crippen molar-refractivity contribution >= 4 is 16.5 Å². The van der Waals surface area contributed by atoms with Gasteiger partial charge in [0.15, 0.2) is 0 Å². The second-order valence-corrected chi connectivity index (χ2v) is 5.04. The van der Waals surface area contributed by atoms with Gasteiger partial charge >= 0.3 is 0 Å². The summed E-state index contributed by atoms with van der Waals surface area (Å²) in [5, 5.41) is 27.5. The van der Waals surface area contributed by atoms with Crippen LogP contribution in [0.2, 0.25) is 0 Å². The molecule has 5 nitrogen and oxygen atoms in total. The molecule has 0 atom stereocenters. The number of nitrogens with zero attached hydrogens (tertiary/aromatic N) is 4. The van der Waals surface area contributed by atoms with Gasteiger partial charge in [0.2, 0.25) is 10.1 Å². The number of hydrogen-bond acceptors (Lipinski definition) is 6. The fraction of sp³-hybridized carbons (Fsp3) is 0.250. The highest BCUT2D eigenvalue weighted by Gasteiger charge is 2.21. The average Bonchev–Trinajstić information content (AvgIpc) is 2.87. The minimum atomic E-state index is 0.363. The molecule has 0 saturated carbocycles. The largest absolute Gasteiger partial charge is 0.508 e. The van der Waals surface area contributed by atoms with Gasteiger partial charge in [-0.2, -0.15) is 5.26 Å². The quantitative estimate of drug-likeness (QED) is 0.842. The van der Waals surface area contributed by atoms with E-state index in [1.807, 2.05) is 18.2 Å². The van der Waals surface area contributed by atoms with E-state index in [4.69, 9.17) is 5.26 Å². The monoisotopic (exact) mass is 258 g/mol. The molecule has 1 aliphatic rings. The topological polar surface area (TPSA) is 73.0 Å². The molecule has 18 heavy (non-hydrogen) atoms. The molecule has 1 N–H and O–H groups in total. The van der Waals surface area contributed by atoms with Crippen LogP contribution in [0.3, 0.4) is 0 Å². The molecule has 0 aliphatic carbocycles. The maximum absolute atomic E-state index is 9.77. The van der Waals surface area contributed by atoms with E-state index in [1.165, 1.54) is 11.3 Å². The number of nitriles is 1. The number of hydrogen-bond donors (Lipinski definition) is 1. The van der Waals surface area contributed by atoms with Crippen LogP contribution < -0.4 is 4.90 Å². The molecule has 3 rings (SSSR count). The Bertz CT molecular complexity index is 631. The molecule has 1 aliphatic heterocycles. The van der Waals surface area contributed by atoms with E-state index >= 15 is 0 Å². The Morgan fingerprint density at radius 3 is 3.06 bits per heavy atom. The summed E-state index contributed by atoms with van der Waals surface area (Å²) in [4.78, 5) is 2.08. The molecule has 1 aromatic carbocycles. The number of benzene rings is 1. The van der Waals surface area contributed by atoms with E-state index in [0.29, 0.717) is 17.3 Å². The third kappa shape index (κ3) is 1.79. The second kappa shape index (κ2) is 4.27. The lowest BCUT2D eigenvalue weighted by molar-refractivity contribution is 0.464. The van der Waals surface area contributed by atoms with Crippen molar-refractivity contribution in [1.29, 1.82) is 5.26 Å². The molecule has 6 heteroatoms. The molecule has 0 bridgehead atoms. The van der Waals surface area contributed by atoms with Crippen LogP contribution in [-0.2, 0) is 13.0 Å². The fourth-order valence-corrected chi connectivity index (χ4v) is 2.81. The minimum absolute atomic E-state index is 0.363. The van der Waals surface area contributed by atoms with E-state index in [-0.39, 0.29) is 0 Å². The summed E-state index contributed by atoms with van der Waals surface area (Å²) >= 11 is 1.30. The highest BCUT2D eigenvalue weighted by molar-refractivity contribution is 7.15. The molecule has 0 fully saturated rings. The first-order chi connectivity index (χ1) is 8.78. The van der Waals surface area contributed by atoms with Gasteiger partial charge in [-0.15, -0.1) is 10.2 Å². The van der Waals surface area contributed by atoms with Crippen molar-refractivity contribution in [1.82, 2.24) is 10.2 Å². The fourth-order valence-electron chi connectivity index (χ4n) is 2.14. The van der Waals surface area contributed by atoms with E-state index < -0.39 is 0 Å². The molecule has 2 aromatic rings. The lowest BCUT2D eigenvalue weighted by Crippen LogP contribution is -2.30. The number of aromatic nitrogens is 2. The third-order valence-electron chi connectivity index (χ3n) is 3.02. The Morgan fingerprint density at radius 1 is 1.39 bits per heavy atom. The van der Waals surface area contributed by atoms with Crippen molar-refractivity contribution in [3.8, 4) is 11.8 Å². The zero-order valence-electron chi connectivity index (χ0n) is 9.50. The predicted octanol–water partition coefficient (Wildman–Crippen LogP) is 1.68. The SMILES string of the molecule is N#Cc1nnc(N2CCc3c(O)cccc3C2)s1. The second-order valence-electron chi connectivity index (χ2n) is 4.09. The zero-order valence-corrected chi connectivity index (χ0v) is 10.3. The number of rotatable bonds is 1. The summed E-state index contributed by atoms with van der Waals surface area (Å²) in [5.74, 6) is 0.363. The van der Waals surface area contributed by atoms with Crippen LogP contribution in [0.15, 0.2) is 18.2 Å². The minimum Gasteiger partial charge on any atom is -0.508 e. The Labute approximate surface area is 108 Å². The molecule has 0 radical (unpaired) electrons. The summed E-state index contributed by atoms with van der Waals surface area (Å²) in [5.41, 5.74) is 2.12. The molecule has 0 saturated heterocycles. The van der Waals surface area contributed by atoms with Crippen LogP contribution in [0.25, 0.3) is 0 Å². The normalized spacial score (nSPS) is 14.1. The van der Waals surface area contributed by atoms with Gasteiger partial charge in [0, 0.05) is 18.7 Å². The number of aromatic hydroxyl groups is 1. The predicted molar refractivity (Wildman–Crippen MR) is 67.5 cm³/mol. The smallest absolute Gasteiger partial charge is 0.219 e. The standard InChI is InChI=1S/C12H10N4OS/c13-6-11-14-15-12(18-11)16-5-4-9-8(7-16)2-1-3-10(9)17/h1-3,17H,4-5,7H2. The van der Waals surface area contributed by atoms with Crippen LogP contribution in [-0.4, -0.2) is 21.8 Å². The Kier molecular flexibility index (Phi) is 2.61. The molecular formula is C12H10N4OS. The maximum Gasteiger partial charge on any atom is 0.219 e. The van der Waals surface area contributed by atoms with Crippen LogP contribution in [0.1, 0.15) is 16.1 Å². The van der Waals surface area contributed by atoms with Gasteiger partial charge in [0.05, 0.1) is 0 Å². The van der Waals surface area contributed by atoms with Crippen LogP contribution >= 0.6 is 11.3 Å².